The SMILES string of the molecule is Cc1cnn(Cc2cc(C(=O)NN)sc2C)c(=O)c1. The second kappa shape index (κ2) is 5.33. The fourth-order valence-electron chi connectivity index (χ4n) is 1.66. The maximum Gasteiger partial charge on any atom is 0.275 e. The van der Waals surface area contributed by atoms with E-state index in [1.165, 1.54) is 22.1 Å². The monoisotopic (exact) mass is 278 g/mol. The molecule has 0 bridgehead atoms. The molecule has 0 aliphatic rings. The van der Waals surface area contributed by atoms with Gasteiger partial charge in [0.2, 0.25) is 0 Å². The van der Waals surface area contributed by atoms with Crippen LogP contribution in [0, 0.1) is 13.8 Å². The second-order valence-electron chi connectivity index (χ2n) is 4.19. The zero-order valence-corrected chi connectivity index (χ0v) is 11.5. The number of hydrazine groups is 1. The number of carbonyl (C=O) groups excluding carboxylic acids is 1. The molecule has 0 saturated carbocycles. The molecule has 0 radical (unpaired) electrons. The van der Waals surface area contributed by atoms with Crippen LogP contribution in [-0.4, -0.2) is 15.7 Å². The van der Waals surface area contributed by atoms with E-state index in [1.807, 2.05) is 13.8 Å². The zero-order valence-electron chi connectivity index (χ0n) is 10.6. The van der Waals surface area contributed by atoms with Crippen LogP contribution in [0.5, 0.6) is 0 Å². The molecule has 1 amide bonds. The van der Waals surface area contributed by atoms with Crippen molar-refractivity contribution in [3.8, 4) is 0 Å². The van der Waals surface area contributed by atoms with Crippen molar-refractivity contribution in [3.05, 3.63) is 49.6 Å². The third kappa shape index (κ3) is 2.88. The Hall–Kier alpha value is -1.99. The number of aryl methyl sites for hydroxylation is 2. The third-order valence-corrected chi connectivity index (χ3v) is 3.79. The van der Waals surface area contributed by atoms with Crippen molar-refractivity contribution in [2.75, 3.05) is 0 Å². The number of amides is 1. The van der Waals surface area contributed by atoms with Crippen LogP contribution in [0.15, 0.2) is 23.1 Å². The first-order chi connectivity index (χ1) is 9.01. The molecule has 6 nitrogen and oxygen atoms in total. The first kappa shape index (κ1) is 13.4. The van der Waals surface area contributed by atoms with Gasteiger partial charge in [-0.2, -0.15) is 5.10 Å². The molecular formula is C12H14N4O2S. The Labute approximate surface area is 113 Å². The number of thiophene rings is 1. The van der Waals surface area contributed by atoms with Gasteiger partial charge in [-0.1, -0.05) is 0 Å². The van der Waals surface area contributed by atoms with E-state index in [-0.39, 0.29) is 11.5 Å². The lowest BCUT2D eigenvalue weighted by molar-refractivity contribution is 0.0957. The Balaban J connectivity index is 2.31. The number of nitrogen functional groups attached to an aromatic ring is 1. The van der Waals surface area contributed by atoms with Gasteiger partial charge in [0, 0.05) is 10.9 Å². The minimum atomic E-state index is -0.330. The molecule has 2 rings (SSSR count). The lowest BCUT2D eigenvalue weighted by atomic mass is 10.2. The topological polar surface area (TPSA) is 90.0 Å². The molecule has 0 fully saturated rings. The Kier molecular flexibility index (Phi) is 3.77. The van der Waals surface area contributed by atoms with Gasteiger partial charge in [0.05, 0.1) is 17.6 Å². The predicted molar refractivity (Wildman–Crippen MR) is 73.0 cm³/mol. The Morgan fingerprint density at radius 3 is 2.84 bits per heavy atom. The molecule has 7 heteroatoms. The smallest absolute Gasteiger partial charge is 0.275 e. The molecule has 2 aromatic rings. The van der Waals surface area contributed by atoms with E-state index in [0.29, 0.717) is 11.4 Å². The van der Waals surface area contributed by atoms with Crippen molar-refractivity contribution in [1.82, 2.24) is 15.2 Å². The van der Waals surface area contributed by atoms with Gasteiger partial charge in [-0.3, -0.25) is 15.0 Å². The molecule has 0 aliphatic carbocycles. The number of nitrogens with zero attached hydrogens (tertiary/aromatic N) is 2. The summed E-state index contributed by atoms with van der Waals surface area (Å²) < 4.78 is 1.37. The van der Waals surface area contributed by atoms with E-state index in [1.54, 1.807) is 12.3 Å². The molecule has 100 valence electrons. The lowest BCUT2D eigenvalue weighted by Crippen LogP contribution is -2.29. The van der Waals surface area contributed by atoms with Crippen molar-refractivity contribution in [2.45, 2.75) is 20.4 Å². The standard InChI is InChI=1S/C12H14N4O2S/c1-7-3-11(17)16(14-5-7)6-9-4-10(12(18)15-13)19-8(9)2/h3-5H,6,13H2,1-2H3,(H,15,18). The largest absolute Gasteiger partial charge is 0.289 e. The number of hydrogen-bond acceptors (Lipinski definition) is 5. The summed E-state index contributed by atoms with van der Waals surface area (Å²) in [5.41, 5.74) is 3.65. The summed E-state index contributed by atoms with van der Waals surface area (Å²) >= 11 is 1.34. The normalized spacial score (nSPS) is 10.5. The van der Waals surface area contributed by atoms with Crippen molar-refractivity contribution >= 4 is 17.2 Å². The highest BCUT2D eigenvalue weighted by Gasteiger charge is 2.12. The molecule has 0 atom stereocenters. The summed E-state index contributed by atoms with van der Waals surface area (Å²) in [6.07, 6.45) is 1.64. The molecule has 0 unspecified atom stereocenters. The summed E-state index contributed by atoms with van der Waals surface area (Å²) in [7, 11) is 0. The van der Waals surface area contributed by atoms with Crippen LogP contribution in [0.3, 0.4) is 0 Å². The van der Waals surface area contributed by atoms with Crippen LogP contribution < -0.4 is 16.8 Å². The van der Waals surface area contributed by atoms with Crippen LogP contribution in [0.25, 0.3) is 0 Å². The van der Waals surface area contributed by atoms with E-state index in [2.05, 4.69) is 10.5 Å². The zero-order chi connectivity index (χ0) is 14.0. The van der Waals surface area contributed by atoms with Crippen molar-refractivity contribution in [2.24, 2.45) is 5.84 Å². The Bertz CT molecular complexity index is 675. The molecule has 3 N–H and O–H groups in total. The number of carbonyl (C=O) groups is 1. The van der Waals surface area contributed by atoms with Gasteiger partial charge in [-0.25, -0.2) is 10.5 Å². The molecule has 2 aromatic heterocycles. The fourth-order valence-corrected chi connectivity index (χ4v) is 2.60. The first-order valence-electron chi connectivity index (χ1n) is 5.65. The molecule has 0 aromatic carbocycles. The minimum Gasteiger partial charge on any atom is -0.289 e. The quantitative estimate of drug-likeness (QED) is 0.488. The summed E-state index contributed by atoms with van der Waals surface area (Å²) in [6, 6.07) is 3.26. The number of nitrogens with two attached hydrogens (primary N) is 1. The van der Waals surface area contributed by atoms with E-state index < -0.39 is 0 Å². The van der Waals surface area contributed by atoms with Crippen LogP contribution in [0.1, 0.15) is 25.7 Å². The molecule has 2 heterocycles. The fraction of sp³-hybridized carbons (Fsp3) is 0.250. The van der Waals surface area contributed by atoms with Crippen LogP contribution in [0.2, 0.25) is 0 Å². The van der Waals surface area contributed by atoms with E-state index in [4.69, 9.17) is 5.84 Å². The van der Waals surface area contributed by atoms with Gasteiger partial charge in [-0.05, 0) is 31.0 Å². The van der Waals surface area contributed by atoms with Gasteiger partial charge in [0.25, 0.3) is 11.5 Å². The molecule has 19 heavy (non-hydrogen) atoms. The van der Waals surface area contributed by atoms with Crippen molar-refractivity contribution in [1.29, 1.82) is 0 Å². The highest BCUT2D eigenvalue weighted by atomic mass is 32.1. The summed E-state index contributed by atoms with van der Waals surface area (Å²) in [6.45, 7) is 4.06. The van der Waals surface area contributed by atoms with Gasteiger partial charge < -0.3 is 0 Å². The van der Waals surface area contributed by atoms with Gasteiger partial charge in [-0.15, -0.1) is 11.3 Å². The molecular weight excluding hydrogens is 264 g/mol. The van der Waals surface area contributed by atoms with Gasteiger partial charge >= 0.3 is 0 Å². The summed E-state index contributed by atoms with van der Waals surface area (Å²) in [5, 5.41) is 4.07. The molecule has 0 spiro atoms. The maximum absolute atomic E-state index is 11.8. The average molecular weight is 278 g/mol. The highest BCUT2D eigenvalue weighted by Crippen LogP contribution is 2.21. The van der Waals surface area contributed by atoms with E-state index in [9.17, 15) is 9.59 Å². The van der Waals surface area contributed by atoms with Crippen molar-refractivity contribution < 1.29 is 4.79 Å². The van der Waals surface area contributed by atoms with Gasteiger partial charge in [0.15, 0.2) is 0 Å². The maximum atomic E-state index is 11.8. The number of rotatable bonds is 3. The van der Waals surface area contributed by atoms with Crippen molar-refractivity contribution in [3.63, 3.8) is 0 Å². The summed E-state index contributed by atoms with van der Waals surface area (Å²) in [5.74, 6) is 4.77. The minimum absolute atomic E-state index is 0.157. The van der Waals surface area contributed by atoms with Crippen LogP contribution in [-0.2, 0) is 6.54 Å². The van der Waals surface area contributed by atoms with Gasteiger partial charge in [0.1, 0.15) is 0 Å². The first-order valence-corrected chi connectivity index (χ1v) is 6.47. The predicted octanol–water partition coefficient (Wildman–Crippen LogP) is 0.573. The van der Waals surface area contributed by atoms with Crippen LogP contribution >= 0.6 is 11.3 Å². The highest BCUT2D eigenvalue weighted by molar-refractivity contribution is 7.14. The number of hydrogen-bond donors (Lipinski definition) is 2. The third-order valence-electron chi connectivity index (χ3n) is 2.70. The number of nitrogens with one attached hydrogen (secondary N) is 1. The summed E-state index contributed by atoms with van der Waals surface area (Å²) in [4.78, 5) is 24.7. The number of aromatic nitrogens is 2. The second-order valence-corrected chi connectivity index (χ2v) is 5.45. The average Bonchev–Trinajstić information content (AvgIpc) is 2.73. The molecule has 0 saturated heterocycles. The van der Waals surface area contributed by atoms with E-state index in [0.717, 1.165) is 16.0 Å². The molecule has 0 aliphatic heterocycles. The Morgan fingerprint density at radius 2 is 2.21 bits per heavy atom. The lowest BCUT2D eigenvalue weighted by Gasteiger charge is -2.03. The van der Waals surface area contributed by atoms with E-state index >= 15 is 0 Å². The van der Waals surface area contributed by atoms with Crippen LogP contribution in [0.4, 0.5) is 0 Å². The Morgan fingerprint density at radius 1 is 1.47 bits per heavy atom.